The van der Waals surface area contributed by atoms with Gasteiger partial charge < -0.3 is 14.4 Å². The molecule has 3 rings (SSSR count). The number of hydrogen-bond donors (Lipinski definition) is 1. The van der Waals surface area contributed by atoms with Crippen LogP contribution in [-0.4, -0.2) is 16.3 Å². The number of aromatic hydroxyl groups is 1. The van der Waals surface area contributed by atoms with Crippen LogP contribution >= 0.6 is 11.6 Å². The van der Waals surface area contributed by atoms with E-state index in [0.29, 0.717) is 29.1 Å². The number of rotatable bonds is 8. The van der Waals surface area contributed by atoms with E-state index in [1.54, 1.807) is 22.8 Å². The third-order valence-electron chi connectivity index (χ3n) is 4.37. The maximum absolute atomic E-state index is 11.2. The van der Waals surface area contributed by atoms with E-state index < -0.39 is 0 Å². The number of halogens is 1. The van der Waals surface area contributed by atoms with Crippen molar-refractivity contribution >= 4 is 28.2 Å². The Hall–Kier alpha value is -2.53. The lowest BCUT2D eigenvalue weighted by atomic mass is 10.2. The second-order valence-corrected chi connectivity index (χ2v) is 6.61. The molecular weight excluding hydrogens is 352 g/mol. The molecule has 0 aliphatic heterocycles. The van der Waals surface area contributed by atoms with Gasteiger partial charge in [-0.05, 0) is 35.9 Å². The molecule has 0 unspecified atom stereocenters. The smallest absolute Gasteiger partial charge is 0.222 e. The zero-order chi connectivity index (χ0) is 18.5. The van der Waals surface area contributed by atoms with Crippen molar-refractivity contribution in [2.45, 2.75) is 32.7 Å². The standard InChI is InChI=1S/C20H21ClN2O3/c1-2-3-6-11-26-18-8-5-4-7-14(18)13-23-17-10-9-15(21)12-16(17)19(22-25)20(23)24/h4-5,7-10,12,24H,2-3,6,11,13H2,1H3. The van der Waals surface area contributed by atoms with Crippen molar-refractivity contribution in [3.63, 3.8) is 0 Å². The van der Waals surface area contributed by atoms with Crippen LogP contribution in [0.15, 0.2) is 47.6 Å². The number of fused-ring (bicyclic) bond motifs is 1. The molecular formula is C20H21ClN2O3. The summed E-state index contributed by atoms with van der Waals surface area (Å²) in [4.78, 5) is 11.2. The van der Waals surface area contributed by atoms with Crippen molar-refractivity contribution in [3.8, 4) is 11.6 Å². The van der Waals surface area contributed by atoms with Crippen molar-refractivity contribution in [1.29, 1.82) is 0 Å². The molecule has 0 radical (unpaired) electrons. The Morgan fingerprint density at radius 3 is 2.77 bits per heavy atom. The van der Waals surface area contributed by atoms with Gasteiger partial charge in [0.15, 0.2) is 5.69 Å². The number of unbranched alkanes of at least 4 members (excludes halogenated alkanes) is 2. The third-order valence-corrected chi connectivity index (χ3v) is 4.60. The molecule has 6 heteroatoms. The van der Waals surface area contributed by atoms with Crippen molar-refractivity contribution in [1.82, 2.24) is 4.57 Å². The molecule has 1 N–H and O–H groups in total. The first kappa shape index (κ1) is 18.3. The highest BCUT2D eigenvalue weighted by Gasteiger charge is 2.19. The summed E-state index contributed by atoms with van der Waals surface area (Å²) in [5, 5.41) is 14.5. The van der Waals surface area contributed by atoms with Gasteiger partial charge in [-0.25, -0.2) is 0 Å². The minimum absolute atomic E-state index is 0.00356. The van der Waals surface area contributed by atoms with E-state index in [2.05, 4.69) is 12.1 Å². The zero-order valence-electron chi connectivity index (χ0n) is 14.6. The van der Waals surface area contributed by atoms with Gasteiger partial charge in [0.2, 0.25) is 5.88 Å². The first-order chi connectivity index (χ1) is 12.7. The van der Waals surface area contributed by atoms with E-state index >= 15 is 0 Å². The van der Waals surface area contributed by atoms with E-state index in [0.717, 1.165) is 30.6 Å². The maximum Gasteiger partial charge on any atom is 0.222 e. The molecule has 5 nitrogen and oxygen atoms in total. The number of nitroso groups, excluding NO2 is 1. The van der Waals surface area contributed by atoms with E-state index in [1.807, 2.05) is 24.3 Å². The number of hydrogen-bond acceptors (Lipinski definition) is 4. The molecule has 0 saturated carbocycles. The van der Waals surface area contributed by atoms with Crippen LogP contribution in [0.5, 0.6) is 11.6 Å². The van der Waals surface area contributed by atoms with Crippen LogP contribution in [0.4, 0.5) is 5.69 Å². The van der Waals surface area contributed by atoms with E-state index in [-0.39, 0.29) is 11.6 Å². The van der Waals surface area contributed by atoms with E-state index in [9.17, 15) is 10.0 Å². The largest absolute Gasteiger partial charge is 0.493 e. The molecule has 0 atom stereocenters. The molecule has 0 aliphatic carbocycles. The van der Waals surface area contributed by atoms with Crippen molar-refractivity contribution in [2.24, 2.45) is 5.18 Å². The quantitative estimate of drug-likeness (QED) is 0.388. The van der Waals surface area contributed by atoms with Gasteiger partial charge in [-0.2, -0.15) is 0 Å². The van der Waals surface area contributed by atoms with Gasteiger partial charge >= 0.3 is 0 Å². The monoisotopic (exact) mass is 372 g/mol. The Kier molecular flexibility index (Phi) is 5.78. The second-order valence-electron chi connectivity index (χ2n) is 6.17. The minimum atomic E-state index is -0.168. The number of benzene rings is 2. The Morgan fingerprint density at radius 2 is 2.00 bits per heavy atom. The average molecular weight is 373 g/mol. The summed E-state index contributed by atoms with van der Waals surface area (Å²) < 4.78 is 7.56. The van der Waals surface area contributed by atoms with Crippen LogP contribution in [0.1, 0.15) is 31.7 Å². The predicted molar refractivity (Wildman–Crippen MR) is 105 cm³/mol. The molecule has 0 aliphatic rings. The molecule has 0 amide bonds. The Morgan fingerprint density at radius 1 is 1.19 bits per heavy atom. The van der Waals surface area contributed by atoms with Crippen LogP contribution in [0.25, 0.3) is 10.9 Å². The van der Waals surface area contributed by atoms with Gasteiger partial charge in [0.05, 0.1) is 18.7 Å². The number of para-hydroxylation sites is 1. The van der Waals surface area contributed by atoms with Gasteiger partial charge in [-0.15, -0.1) is 4.91 Å². The Balaban J connectivity index is 1.95. The van der Waals surface area contributed by atoms with Gasteiger partial charge in [0.25, 0.3) is 0 Å². The van der Waals surface area contributed by atoms with Gasteiger partial charge in [-0.3, -0.25) is 0 Å². The summed E-state index contributed by atoms with van der Waals surface area (Å²) in [6, 6.07) is 12.8. The fourth-order valence-corrected chi connectivity index (χ4v) is 3.20. The number of aromatic nitrogens is 1. The molecule has 1 aromatic heterocycles. The summed E-state index contributed by atoms with van der Waals surface area (Å²) >= 11 is 6.02. The normalized spacial score (nSPS) is 11.0. The molecule has 0 bridgehead atoms. The summed E-state index contributed by atoms with van der Waals surface area (Å²) in [5.41, 5.74) is 1.62. The highest BCUT2D eigenvalue weighted by Crippen LogP contribution is 2.40. The summed E-state index contributed by atoms with van der Waals surface area (Å²) in [5.74, 6) is 0.609. The van der Waals surface area contributed by atoms with Crippen molar-refractivity contribution in [2.75, 3.05) is 6.61 Å². The lowest BCUT2D eigenvalue weighted by Gasteiger charge is -2.13. The topological polar surface area (TPSA) is 63.8 Å². The Labute approximate surface area is 157 Å². The van der Waals surface area contributed by atoms with Gasteiger partial charge in [0, 0.05) is 16.0 Å². The van der Waals surface area contributed by atoms with Crippen LogP contribution in [0, 0.1) is 4.91 Å². The van der Waals surface area contributed by atoms with Crippen molar-refractivity contribution in [3.05, 3.63) is 58.0 Å². The van der Waals surface area contributed by atoms with Crippen LogP contribution in [0.2, 0.25) is 5.02 Å². The number of nitrogens with zero attached hydrogens (tertiary/aromatic N) is 2. The fourth-order valence-electron chi connectivity index (χ4n) is 3.03. The predicted octanol–water partition coefficient (Wildman–Crippen LogP) is 6.02. The van der Waals surface area contributed by atoms with Gasteiger partial charge in [-0.1, -0.05) is 49.6 Å². The highest BCUT2D eigenvalue weighted by molar-refractivity contribution is 6.31. The third kappa shape index (κ3) is 3.68. The van der Waals surface area contributed by atoms with Gasteiger partial charge in [0.1, 0.15) is 5.75 Å². The van der Waals surface area contributed by atoms with Crippen LogP contribution in [-0.2, 0) is 6.54 Å². The lowest BCUT2D eigenvalue weighted by molar-refractivity contribution is 0.302. The lowest BCUT2D eigenvalue weighted by Crippen LogP contribution is -2.04. The molecule has 1 heterocycles. The molecule has 2 aromatic carbocycles. The van der Waals surface area contributed by atoms with Crippen molar-refractivity contribution < 1.29 is 9.84 Å². The van der Waals surface area contributed by atoms with Crippen LogP contribution < -0.4 is 4.74 Å². The zero-order valence-corrected chi connectivity index (χ0v) is 15.4. The second kappa shape index (κ2) is 8.23. The molecule has 0 fully saturated rings. The van der Waals surface area contributed by atoms with Crippen LogP contribution in [0.3, 0.4) is 0 Å². The number of ether oxygens (including phenoxy) is 1. The minimum Gasteiger partial charge on any atom is -0.493 e. The Bertz CT molecular complexity index is 921. The van der Waals surface area contributed by atoms with E-state index in [4.69, 9.17) is 16.3 Å². The average Bonchev–Trinajstić information content (AvgIpc) is 2.90. The molecule has 0 saturated heterocycles. The summed E-state index contributed by atoms with van der Waals surface area (Å²) in [6.45, 7) is 3.17. The molecule has 26 heavy (non-hydrogen) atoms. The SMILES string of the molecule is CCCCCOc1ccccc1Cn1c(O)c(N=O)c2cc(Cl)ccc21. The van der Waals surface area contributed by atoms with E-state index in [1.165, 1.54) is 0 Å². The first-order valence-corrected chi connectivity index (χ1v) is 9.08. The summed E-state index contributed by atoms with van der Waals surface area (Å²) in [6.07, 6.45) is 3.26. The summed E-state index contributed by atoms with van der Waals surface area (Å²) in [7, 11) is 0. The highest BCUT2D eigenvalue weighted by atomic mass is 35.5. The first-order valence-electron chi connectivity index (χ1n) is 8.70. The molecule has 136 valence electrons. The molecule has 3 aromatic rings. The molecule has 0 spiro atoms. The fraction of sp³-hybridized carbons (Fsp3) is 0.300. The maximum atomic E-state index is 11.2.